The molecule has 0 amide bonds. The molecular weight excluding hydrogens is 220 g/mol. The highest BCUT2D eigenvalue weighted by molar-refractivity contribution is 5.81. The molecule has 0 aliphatic heterocycles. The van der Waals surface area contributed by atoms with Crippen molar-refractivity contribution in [3.63, 3.8) is 0 Å². The number of ether oxygens (including phenoxy) is 2. The molecule has 0 atom stereocenters. The maximum atomic E-state index is 10.7. The Morgan fingerprint density at radius 2 is 1.71 bits per heavy atom. The predicted molar refractivity (Wildman–Crippen MR) is 65.5 cm³/mol. The Morgan fingerprint density at radius 3 is 2.35 bits per heavy atom. The molecule has 4 nitrogen and oxygen atoms in total. The first-order valence-corrected chi connectivity index (χ1v) is 6.04. The summed E-state index contributed by atoms with van der Waals surface area (Å²) in [4.78, 5) is 21.2. The maximum Gasteiger partial charge on any atom is 0.330 e. The summed E-state index contributed by atoms with van der Waals surface area (Å²) < 4.78 is 9.30. The molecule has 0 saturated heterocycles. The van der Waals surface area contributed by atoms with Gasteiger partial charge >= 0.3 is 11.9 Å². The molecule has 17 heavy (non-hydrogen) atoms. The van der Waals surface area contributed by atoms with Crippen molar-refractivity contribution in [2.75, 3.05) is 13.7 Å². The van der Waals surface area contributed by atoms with E-state index < -0.39 is 0 Å². The van der Waals surface area contributed by atoms with Crippen LogP contribution in [0.4, 0.5) is 0 Å². The molecule has 0 radical (unpaired) electrons. The minimum atomic E-state index is -0.300. The number of esters is 2. The second-order valence-corrected chi connectivity index (χ2v) is 3.82. The predicted octanol–water partition coefficient (Wildman–Crippen LogP) is 2.62. The molecule has 0 saturated carbocycles. The molecule has 4 heteroatoms. The van der Waals surface area contributed by atoms with Gasteiger partial charge in [-0.3, -0.25) is 4.79 Å². The van der Waals surface area contributed by atoms with Crippen LogP contribution in [0, 0.1) is 0 Å². The highest BCUT2D eigenvalue weighted by atomic mass is 16.5. The van der Waals surface area contributed by atoms with Gasteiger partial charge in [-0.15, -0.1) is 0 Å². The number of methoxy groups -OCH3 is 1. The molecule has 0 spiro atoms. The summed E-state index contributed by atoms with van der Waals surface area (Å²) in [7, 11) is 1.37. The number of rotatable bonds is 9. The quantitative estimate of drug-likeness (QED) is 0.354. The largest absolute Gasteiger partial charge is 0.466 e. The van der Waals surface area contributed by atoms with Gasteiger partial charge in [-0.2, -0.15) is 0 Å². The molecule has 0 aromatic rings. The van der Waals surface area contributed by atoms with Gasteiger partial charge in [-0.25, -0.2) is 4.79 Å². The summed E-state index contributed by atoms with van der Waals surface area (Å²) in [5.41, 5.74) is 0. The fourth-order valence-corrected chi connectivity index (χ4v) is 1.36. The third kappa shape index (κ3) is 12.6. The van der Waals surface area contributed by atoms with Crippen molar-refractivity contribution >= 4 is 11.9 Å². The van der Waals surface area contributed by atoms with Crippen molar-refractivity contribution in [1.29, 1.82) is 0 Å². The van der Waals surface area contributed by atoms with Crippen LogP contribution in [0.3, 0.4) is 0 Å². The van der Waals surface area contributed by atoms with Crippen LogP contribution in [-0.4, -0.2) is 25.7 Å². The van der Waals surface area contributed by atoms with E-state index in [0.717, 1.165) is 38.5 Å². The fourth-order valence-electron chi connectivity index (χ4n) is 1.36. The number of carbonyl (C=O) groups excluding carboxylic acids is 2. The standard InChI is InChI=1S/C13H22O4/c1-12(14)17-11-9-7-5-3-4-6-8-10-13(15)16-2/h8,10H,3-7,9,11H2,1-2H3. The van der Waals surface area contributed by atoms with Gasteiger partial charge in [0.25, 0.3) is 0 Å². The van der Waals surface area contributed by atoms with Crippen LogP contribution < -0.4 is 0 Å². The van der Waals surface area contributed by atoms with Crippen LogP contribution in [-0.2, 0) is 19.1 Å². The topological polar surface area (TPSA) is 52.6 Å². The average molecular weight is 242 g/mol. The Balaban J connectivity index is 3.16. The average Bonchev–Trinajstić information content (AvgIpc) is 2.30. The fraction of sp³-hybridized carbons (Fsp3) is 0.692. The summed E-state index contributed by atoms with van der Waals surface area (Å²) in [5, 5.41) is 0. The molecule has 0 heterocycles. The summed E-state index contributed by atoms with van der Waals surface area (Å²) in [6, 6.07) is 0. The second-order valence-electron chi connectivity index (χ2n) is 3.82. The zero-order chi connectivity index (χ0) is 12.9. The Hall–Kier alpha value is -1.32. The van der Waals surface area contributed by atoms with Gasteiger partial charge < -0.3 is 9.47 Å². The van der Waals surface area contributed by atoms with E-state index in [1.165, 1.54) is 20.1 Å². The number of unbranched alkanes of at least 4 members (excludes halogenated alkanes) is 5. The molecule has 0 aromatic carbocycles. The molecule has 0 N–H and O–H groups in total. The molecule has 0 aliphatic carbocycles. The van der Waals surface area contributed by atoms with Crippen LogP contribution in [0.2, 0.25) is 0 Å². The molecule has 0 bridgehead atoms. The first-order chi connectivity index (χ1) is 8.16. The van der Waals surface area contributed by atoms with Crippen molar-refractivity contribution in [2.24, 2.45) is 0 Å². The Labute approximate surface area is 103 Å². The Bertz CT molecular complexity index is 246. The first-order valence-electron chi connectivity index (χ1n) is 6.04. The van der Waals surface area contributed by atoms with Crippen molar-refractivity contribution < 1.29 is 19.1 Å². The van der Waals surface area contributed by atoms with Crippen molar-refractivity contribution in [3.8, 4) is 0 Å². The summed E-state index contributed by atoms with van der Waals surface area (Å²) >= 11 is 0. The lowest BCUT2D eigenvalue weighted by atomic mass is 10.1. The van der Waals surface area contributed by atoms with Crippen LogP contribution in [0.1, 0.15) is 45.4 Å². The highest BCUT2D eigenvalue weighted by Crippen LogP contribution is 2.06. The lowest BCUT2D eigenvalue weighted by Gasteiger charge is -2.01. The normalized spacial score (nSPS) is 10.5. The summed E-state index contributed by atoms with van der Waals surface area (Å²) in [5.74, 6) is -0.510. The van der Waals surface area contributed by atoms with Gasteiger partial charge in [-0.05, 0) is 19.3 Å². The SMILES string of the molecule is COC(=O)C=CCCCCCCCOC(C)=O. The van der Waals surface area contributed by atoms with Gasteiger partial charge in [0.15, 0.2) is 0 Å². The van der Waals surface area contributed by atoms with Gasteiger partial charge in [0.05, 0.1) is 13.7 Å². The molecule has 0 fully saturated rings. The summed E-state index contributed by atoms with van der Waals surface area (Å²) in [6.07, 6.45) is 9.54. The number of hydrogen-bond donors (Lipinski definition) is 0. The van der Waals surface area contributed by atoms with Crippen LogP contribution >= 0.6 is 0 Å². The van der Waals surface area contributed by atoms with E-state index in [4.69, 9.17) is 4.74 Å². The van der Waals surface area contributed by atoms with E-state index in [0.29, 0.717) is 6.61 Å². The number of hydrogen-bond acceptors (Lipinski definition) is 4. The van der Waals surface area contributed by atoms with E-state index in [2.05, 4.69) is 4.74 Å². The lowest BCUT2D eigenvalue weighted by molar-refractivity contribution is -0.141. The maximum absolute atomic E-state index is 10.7. The summed E-state index contributed by atoms with van der Waals surface area (Å²) in [6.45, 7) is 1.95. The molecule has 0 rings (SSSR count). The first kappa shape index (κ1) is 15.7. The smallest absolute Gasteiger partial charge is 0.330 e. The van der Waals surface area contributed by atoms with Gasteiger partial charge in [0.1, 0.15) is 0 Å². The van der Waals surface area contributed by atoms with E-state index in [1.54, 1.807) is 0 Å². The van der Waals surface area contributed by atoms with E-state index in [9.17, 15) is 9.59 Å². The minimum absolute atomic E-state index is 0.210. The molecule has 0 aliphatic rings. The monoisotopic (exact) mass is 242 g/mol. The van der Waals surface area contributed by atoms with Gasteiger partial charge in [0.2, 0.25) is 0 Å². The van der Waals surface area contributed by atoms with Crippen molar-refractivity contribution in [1.82, 2.24) is 0 Å². The van der Waals surface area contributed by atoms with E-state index >= 15 is 0 Å². The van der Waals surface area contributed by atoms with E-state index in [-0.39, 0.29) is 11.9 Å². The van der Waals surface area contributed by atoms with Crippen LogP contribution in [0.15, 0.2) is 12.2 Å². The molecule has 0 aromatic heterocycles. The van der Waals surface area contributed by atoms with E-state index in [1.807, 2.05) is 6.08 Å². The molecule has 98 valence electrons. The number of allylic oxidation sites excluding steroid dienone is 1. The van der Waals surface area contributed by atoms with Gasteiger partial charge in [0, 0.05) is 13.0 Å². The second kappa shape index (κ2) is 11.2. The van der Waals surface area contributed by atoms with Crippen LogP contribution in [0.5, 0.6) is 0 Å². The third-order valence-corrected chi connectivity index (χ3v) is 2.28. The highest BCUT2D eigenvalue weighted by Gasteiger charge is 1.94. The zero-order valence-electron chi connectivity index (χ0n) is 10.7. The minimum Gasteiger partial charge on any atom is -0.466 e. The molecule has 0 unspecified atom stereocenters. The Kier molecular flexibility index (Phi) is 10.3. The molecular formula is C13H22O4. The zero-order valence-corrected chi connectivity index (χ0v) is 10.7. The lowest BCUT2D eigenvalue weighted by Crippen LogP contribution is -1.99. The van der Waals surface area contributed by atoms with Crippen molar-refractivity contribution in [2.45, 2.75) is 45.4 Å². The van der Waals surface area contributed by atoms with Gasteiger partial charge in [-0.1, -0.05) is 25.3 Å². The number of carbonyl (C=O) groups is 2. The van der Waals surface area contributed by atoms with Crippen LogP contribution in [0.25, 0.3) is 0 Å². The third-order valence-electron chi connectivity index (χ3n) is 2.28. The Morgan fingerprint density at radius 1 is 1.06 bits per heavy atom. The van der Waals surface area contributed by atoms with Crippen molar-refractivity contribution in [3.05, 3.63) is 12.2 Å².